The number of allylic oxidation sites excluding steroid dienone is 2. The molecule has 0 radical (unpaired) electrons. The summed E-state index contributed by atoms with van der Waals surface area (Å²) < 4.78 is 14.0. The maximum absolute atomic E-state index is 14.0. The molecule has 1 aromatic rings. The minimum atomic E-state index is -0.283. The van der Waals surface area contributed by atoms with Gasteiger partial charge in [-0.1, -0.05) is 12.2 Å². The Morgan fingerprint density at radius 3 is 2.76 bits per heavy atom. The molecule has 1 amide bonds. The zero-order valence-electron chi connectivity index (χ0n) is 12.4. The second-order valence-corrected chi connectivity index (χ2v) is 6.25. The molecular weight excluding hydrogens is 267 g/mol. The Hall–Kier alpha value is -1.84. The first-order valence-electron chi connectivity index (χ1n) is 7.55. The Bertz CT molecular complexity index is 584. The Morgan fingerprint density at radius 2 is 2.14 bits per heavy atom. The zero-order valence-corrected chi connectivity index (χ0v) is 12.4. The fourth-order valence-electron chi connectivity index (χ4n) is 3.67. The average molecular weight is 288 g/mol. The van der Waals surface area contributed by atoms with E-state index >= 15 is 0 Å². The first-order chi connectivity index (χ1) is 10.0. The predicted molar refractivity (Wildman–Crippen MR) is 82.6 cm³/mol. The summed E-state index contributed by atoms with van der Waals surface area (Å²) in [7, 11) is 0. The van der Waals surface area contributed by atoms with Gasteiger partial charge in [0.05, 0.1) is 5.69 Å². The molecule has 4 heteroatoms. The van der Waals surface area contributed by atoms with Crippen molar-refractivity contribution in [2.45, 2.75) is 32.7 Å². The van der Waals surface area contributed by atoms with Gasteiger partial charge in [-0.05, 0) is 55.7 Å². The van der Waals surface area contributed by atoms with Gasteiger partial charge in [0.15, 0.2) is 0 Å². The largest absolute Gasteiger partial charge is 0.380 e. The number of hydrogen-bond acceptors (Lipinski definition) is 2. The van der Waals surface area contributed by atoms with Crippen molar-refractivity contribution in [2.75, 3.05) is 10.6 Å². The fourth-order valence-corrected chi connectivity index (χ4v) is 3.67. The Morgan fingerprint density at radius 1 is 1.33 bits per heavy atom. The number of rotatable bonds is 4. The van der Waals surface area contributed by atoms with Crippen molar-refractivity contribution in [1.29, 1.82) is 0 Å². The van der Waals surface area contributed by atoms with Gasteiger partial charge in [0.1, 0.15) is 5.82 Å². The number of nitrogens with one attached hydrogen (secondary N) is 2. The smallest absolute Gasteiger partial charge is 0.221 e. The molecule has 0 spiro atoms. The van der Waals surface area contributed by atoms with Gasteiger partial charge in [-0.2, -0.15) is 0 Å². The molecule has 112 valence electrons. The van der Waals surface area contributed by atoms with Crippen molar-refractivity contribution in [3.63, 3.8) is 0 Å². The molecule has 1 aromatic carbocycles. The molecule has 2 aliphatic carbocycles. The maximum Gasteiger partial charge on any atom is 0.221 e. The van der Waals surface area contributed by atoms with Gasteiger partial charge in [0.25, 0.3) is 0 Å². The molecule has 4 unspecified atom stereocenters. The van der Waals surface area contributed by atoms with E-state index in [2.05, 4.69) is 29.7 Å². The lowest BCUT2D eigenvalue weighted by atomic mass is 9.87. The Kier molecular flexibility index (Phi) is 3.70. The highest BCUT2D eigenvalue weighted by Crippen LogP contribution is 2.45. The summed E-state index contributed by atoms with van der Waals surface area (Å²) >= 11 is 0. The van der Waals surface area contributed by atoms with Crippen molar-refractivity contribution in [2.24, 2.45) is 17.8 Å². The van der Waals surface area contributed by atoms with Crippen molar-refractivity contribution in [1.82, 2.24) is 0 Å². The molecule has 0 saturated heterocycles. The lowest BCUT2D eigenvalue weighted by Crippen LogP contribution is -2.29. The van der Waals surface area contributed by atoms with Gasteiger partial charge in [-0.3, -0.25) is 4.79 Å². The fraction of sp³-hybridized carbons (Fsp3) is 0.471. The maximum atomic E-state index is 14.0. The highest BCUT2D eigenvalue weighted by atomic mass is 19.1. The second kappa shape index (κ2) is 5.51. The molecule has 21 heavy (non-hydrogen) atoms. The van der Waals surface area contributed by atoms with Gasteiger partial charge in [0, 0.05) is 18.7 Å². The van der Waals surface area contributed by atoms with E-state index in [4.69, 9.17) is 0 Å². The monoisotopic (exact) mass is 288 g/mol. The summed E-state index contributed by atoms with van der Waals surface area (Å²) in [4.78, 5) is 11.1. The zero-order chi connectivity index (χ0) is 15.0. The molecule has 2 bridgehead atoms. The van der Waals surface area contributed by atoms with Crippen LogP contribution >= 0.6 is 0 Å². The number of carbonyl (C=O) groups excluding carboxylic acids is 1. The van der Waals surface area contributed by atoms with E-state index in [-0.39, 0.29) is 17.8 Å². The standard InChI is InChI=1S/C17H21FN2O/c1-10(15-8-12-3-4-13(15)7-12)19-17-9-14(20-11(2)21)5-6-16(17)18/h3-6,9-10,12-13,15,19H,7-8H2,1-2H3,(H,20,21). The van der Waals surface area contributed by atoms with Gasteiger partial charge in [0.2, 0.25) is 5.91 Å². The van der Waals surface area contributed by atoms with Crippen LogP contribution in [0.25, 0.3) is 0 Å². The quantitative estimate of drug-likeness (QED) is 0.827. The van der Waals surface area contributed by atoms with Crippen LogP contribution in [0.3, 0.4) is 0 Å². The minimum Gasteiger partial charge on any atom is -0.380 e. The third kappa shape index (κ3) is 2.94. The highest BCUT2D eigenvalue weighted by Gasteiger charge is 2.38. The van der Waals surface area contributed by atoms with Crippen LogP contribution in [-0.2, 0) is 4.79 Å². The number of amides is 1. The molecule has 0 heterocycles. The van der Waals surface area contributed by atoms with E-state index in [0.717, 1.165) is 0 Å². The number of benzene rings is 1. The van der Waals surface area contributed by atoms with Gasteiger partial charge in [-0.15, -0.1) is 0 Å². The number of anilines is 2. The van der Waals surface area contributed by atoms with E-state index in [0.29, 0.717) is 29.1 Å². The summed E-state index contributed by atoms with van der Waals surface area (Å²) in [5.74, 6) is 1.45. The summed E-state index contributed by atoms with van der Waals surface area (Å²) in [5, 5.41) is 5.98. The third-order valence-corrected chi connectivity index (χ3v) is 4.64. The molecule has 2 aliphatic rings. The van der Waals surface area contributed by atoms with Gasteiger partial charge in [-0.25, -0.2) is 4.39 Å². The molecule has 2 N–H and O–H groups in total. The summed E-state index contributed by atoms with van der Waals surface area (Å²) in [6.45, 7) is 3.56. The van der Waals surface area contributed by atoms with Crippen LogP contribution in [-0.4, -0.2) is 11.9 Å². The number of fused-ring (bicyclic) bond motifs is 2. The molecule has 1 fully saturated rings. The summed E-state index contributed by atoms with van der Waals surface area (Å²) in [5.41, 5.74) is 1.08. The molecule has 1 saturated carbocycles. The normalized spacial score (nSPS) is 27.7. The lowest BCUT2D eigenvalue weighted by molar-refractivity contribution is -0.114. The number of hydrogen-bond donors (Lipinski definition) is 2. The first-order valence-corrected chi connectivity index (χ1v) is 7.55. The van der Waals surface area contributed by atoms with Crippen LogP contribution in [0, 0.1) is 23.6 Å². The average Bonchev–Trinajstić information content (AvgIpc) is 3.04. The summed E-state index contributed by atoms with van der Waals surface area (Å²) in [6.07, 6.45) is 7.04. The molecule has 0 aromatic heterocycles. The van der Waals surface area contributed by atoms with Gasteiger partial charge < -0.3 is 10.6 Å². The predicted octanol–water partition coefficient (Wildman–Crippen LogP) is 3.80. The van der Waals surface area contributed by atoms with Crippen molar-refractivity contribution < 1.29 is 9.18 Å². The second-order valence-electron chi connectivity index (χ2n) is 6.25. The number of halogens is 1. The Labute approximate surface area is 124 Å². The minimum absolute atomic E-state index is 0.154. The van der Waals surface area contributed by atoms with E-state index < -0.39 is 0 Å². The molecule has 3 rings (SSSR count). The molecule has 0 aliphatic heterocycles. The van der Waals surface area contributed by atoms with Crippen LogP contribution in [0.4, 0.5) is 15.8 Å². The van der Waals surface area contributed by atoms with Crippen molar-refractivity contribution >= 4 is 17.3 Å². The van der Waals surface area contributed by atoms with Crippen LogP contribution in [0.15, 0.2) is 30.4 Å². The third-order valence-electron chi connectivity index (χ3n) is 4.64. The van der Waals surface area contributed by atoms with Crippen LogP contribution in [0.2, 0.25) is 0 Å². The van der Waals surface area contributed by atoms with Crippen LogP contribution in [0.1, 0.15) is 26.7 Å². The van der Waals surface area contributed by atoms with Crippen molar-refractivity contribution in [3.05, 3.63) is 36.2 Å². The lowest BCUT2D eigenvalue weighted by Gasteiger charge is -2.27. The van der Waals surface area contributed by atoms with Crippen LogP contribution < -0.4 is 10.6 Å². The van der Waals surface area contributed by atoms with E-state index in [9.17, 15) is 9.18 Å². The molecular formula is C17H21FN2O. The first kappa shape index (κ1) is 14.1. The SMILES string of the molecule is CC(=O)Nc1ccc(F)c(NC(C)C2CC3C=CC2C3)c1. The van der Waals surface area contributed by atoms with Crippen molar-refractivity contribution in [3.8, 4) is 0 Å². The van der Waals surface area contributed by atoms with Gasteiger partial charge >= 0.3 is 0 Å². The number of carbonyl (C=O) groups is 1. The Balaban J connectivity index is 1.71. The van der Waals surface area contributed by atoms with E-state index in [1.54, 1.807) is 12.1 Å². The van der Waals surface area contributed by atoms with Crippen LogP contribution in [0.5, 0.6) is 0 Å². The molecule has 4 atom stereocenters. The van der Waals surface area contributed by atoms with E-state index in [1.807, 2.05) is 0 Å². The topological polar surface area (TPSA) is 41.1 Å². The van der Waals surface area contributed by atoms with E-state index in [1.165, 1.54) is 25.8 Å². The highest BCUT2D eigenvalue weighted by molar-refractivity contribution is 5.89. The molecule has 3 nitrogen and oxygen atoms in total. The summed E-state index contributed by atoms with van der Waals surface area (Å²) in [6, 6.07) is 4.84.